The monoisotopic (exact) mass is 190 g/mol. The number of carboxylic acids is 1. The first-order chi connectivity index (χ1) is 5.60. The minimum Gasteiger partial charge on any atom is -0.481 e. The van der Waals surface area contributed by atoms with Gasteiger partial charge in [-0.15, -0.1) is 0 Å². The molecular weight excluding hydrogens is 176 g/mol. The molecular formula is C8H14O3S. The summed E-state index contributed by atoms with van der Waals surface area (Å²) in [6.45, 7) is 2.03. The van der Waals surface area contributed by atoms with E-state index >= 15 is 0 Å². The zero-order valence-corrected chi connectivity index (χ0v) is 8.02. The number of unbranched alkanes of at least 4 members (excludes halogenated alkanes) is 1. The van der Waals surface area contributed by atoms with Crippen molar-refractivity contribution in [3.05, 3.63) is 0 Å². The van der Waals surface area contributed by atoms with E-state index in [4.69, 9.17) is 5.11 Å². The summed E-state index contributed by atoms with van der Waals surface area (Å²) in [7, 11) is -0.866. The number of carbonyl (C=O) groups is 1. The Morgan fingerprint density at radius 2 is 2.17 bits per heavy atom. The van der Waals surface area contributed by atoms with E-state index in [2.05, 4.69) is 0 Å². The van der Waals surface area contributed by atoms with Crippen molar-refractivity contribution in [2.24, 2.45) is 5.41 Å². The van der Waals surface area contributed by atoms with Crippen LogP contribution in [0.4, 0.5) is 0 Å². The predicted octanol–water partition coefficient (Wildman–Crippen LogP) is 1.01. The fourth-order valence-electron chi connectivity index (χ4n) is 1.46. The molecule has 0 radical (unpaired) electrons. The predicted molar refractivity (Wildman–Crippen MR) is 47.5 cm³/mol. The third-order valence-corrected chi connectivity index (χ3v) is 4.09. The van der Waals surface area contributed by atoms with Gasteiger partial charge in [-0.25, -0.2) is 0 Å². The molecule has 12 heavy (non-hydrogen) atoms. The topological polar surface area (TPSA) is 54.4 Å². The van der Waals surface area contributed by atoms with Gasteiger partial charge in [0.2, 0.25) is 0 Å². The summed E-state index contributed by atoms with van der Waals surface area (Å²) < 4.78 is 10.8. The van der Waals surface area contributed by atoms with Crippen LogP contribution in [0.15, 0.2) is 0 Å². The van der Waals surface area contributed by atoms with Gasteiger partial charge in [0.25, 0.3) is 0 Å². The van der Waals surface area contributed by atoms with E-state index in [-0.39, 0.29) is 0 Å². The molecule has 0 aliphatic carbocycles. The van der Waals surface area contributed by atoms with Gasteiger partial charge in [-0.3, -0.25) is 9.00 Å². The van der Waals surface area contributed by atoms with Crippen molar-refractivity contribution in [2.75, 3.05) is 11.5 Å². The lowest BCUT2D eigenvalue weighted by atomic mass is 9.86. The van der Waals surface area contributed by atoms with Crippen LogP contribution in [0.1, 0.15) is 26.2 Å². The summed E-state index contributed by atoms with van der Waals surface area (Å²) in [6.07, 6.45) is 2.61. The Bertz CT molecular complexity index is 204. The Hall–Kier alpha value is -0.380. The molecule has 1 fully saturated rings. The zero-order valence-electron chi connectivity index (χ0n) is 7.21. The second-order valence-electron chi connectivity index (χ2n) is 3.42. The van der Waals surface area contributed by atoms with Crippen molar-refractivity contribution < 1.29 is 14.1 Å². The molecule has 1 aliphatic rings. The van der Waals surface area contributed by atoms with Crippen LogP contribution in [0.25, 0.3) is 0 Å². The van der Waals surface area contributed by atoms with Crippen LogP contribution in [0.2, 0.25) is 0 Å². The molecule has 70 valence electrons. The van der Waals surface area contributed by atoms with Crippen molar-refractivity contribution >= 4 is 16.8 Å². The highest BCUT2D eigenvalue weighted by atomic mass is 32.2. The lowest BCUT2D eigenvalue weighted by Crippen LogP contribution is -2.50. The molecule has 1 N–H and O–H groups in total. The van der Waals surface area contributed by atoms with Gasteiger partial charge in [-0.2, -0.15) is 0 Å². The van der Waals surface area contributed by atoms with Crippen LogP contribution in [0, 0.1) is 5.41 Å². The molecule has 1 saturated heterocycles. The van der Waals surface area contributed by atoms with Gasteiger partial charge in [0.05, 0.1) is 5.41 Å². The Kier molecular flexibility index (Phi) is 2.88. The highest BCUT2D eigenvalue weighted by Gasteiger charge is 2.48. The van der Waals surface area contributed by atoms with E-state index < -0.39 is 22.2 Å². The molecule has 1 heterocycles. The molecule has 0 atom stereocenters. The second kappa shape index (κ2) is 3.56. The standard InChI is InChI=1S/C8H14O3S/c1-2-3-4-8(7(9)10)5-12(11)6-8/h2-6H2,1H3,(H,9,10). The normalized spacial score (nSPS) is 34.2. The summed E-state index contributed by atoms with van der Waals surface area (Å²) >= 11 is 0. The van der Waals surface area contributed by atoms with E-state index in [1.165, 1.54) is 0 Å². The molecule has 0 amide bonds. The Morgan fingerprint density at radius 3 is 2.50 bits per heavy atom. The summed E-state index contributed by atoms with van der Waals surface area (Å²) in [5.41, 5.74) is -0.638. The minimum absolute atomic E-state index is 0.363. The Morgan fingerprint density at radius 1 is 1.58 bits per heavy atom. The SMILES string of the molecule is CCCCC1(C(=O)O)CS(=O)C1. The average molecular weight is 190 g/mol. The van der Waals surface area contributed by atoms with Gasteiger partial charge in [0.15, 0.2) is 0 Å². The van der Waals surface area contributed by atoms with Crippen molar-refractivity contribution in [3.63, 3.8) is 0 Å². The fourth-order valence-corrected chi connectivity index (χ4v) is 3.15. The van der Waals surface area contributed by atoms with Crippen LogP contribution in [0.3, 0.4) is 0 Å². The number of rotatable bonds is 4. The molecule has 4 heteroatoms. The maximum Gasteiger partial charge on any atom is 0.311 e. The first kappa shape index (κ1) is 9.71. The van der Waals surface area contributed by atoms with Crippen LogP contribution in [-0.2, 0) is 15.6 Å². The average Bonchev–Trinajstić information content (AvgIpc) is 1.95. The van der Waals surface area contributed by atoms with Crippen LogP contribution in [-0.4, -0.2) is 26.8 Å². The van der Waals surface area contributed by atoms with Gasteiger partial charge in [0, 0.05) is 22.3 Å². The molecule has 0 aromatic carbocycles. The van der Waals surface area contributed by atoms with Crippen LogP contribution in [0.5, 0.6) is 0 Å². The summed E-state index contributed by atoms with van der Waals surface area (Å²) in [4.78, 5) is 10.8. The summed E-state index contributed by atoms with van der Waals surface area (Å²) in [5.74, 6) is -0.0412. The highest BCUT2D eigenvalue weighted by Crippen LogP contribution is 2.35. The van der Waals surface area contributed by atoms with Crippen LogP contribution < -0.4 is 0 Å². The molecule has 0 unspecified atom stereocenters. The maximum absolute atomic E-state index is 10.8. The van der Waals surface area contributed by atoms with E-state index in [1.807, 2.05) is 6.92 Å². The first-order valence-electron chi connectivity index (χ1n) is 4.19. The maximum atomic E-state index is 10.8. The van der Waals surface area contributed by atoms with E-state index in [0.717, 1.165) is 12.8 Å². The Labute approximate surface area is 74.6 Å². The van der Waals surface area contributed by atoms with Crippen molar-refractivity contribution in [1.82, 2.24) is 0 Å². The van der Waals surface area contributed by atoms with Gasteiger partial charge in [-0.05, 0) is 6.42 Å². The number of aliphatic carboxylic acids is 1. The third-order valence-electron chi connectivity index (χ3n) is 2.34. The molecule has 0 saturated carbocycles. The van der Waals surface area contributed by atoms with E-state index in [0.29, 0.717) is 17.9 Å². The third kappa shape index (κ3) is 1.68. The van der Waals surface area contributed by atoms with E-state index in [9.17, 15) is 9.00 Å². The number of carboxylic acid groups (broad SMARTS) is 1. The molecule has 3 nitrogen and oxygen atoms in total. The molecule has 0 spiro atoms. The lowest BCUT2D eigenvalue weighted by molar-refractivity contribution is -0.147. The Balaban J connectivity index is 2.51. The quantitative estimate of drug-likeness (QED) is 0.719. The molecule has 0 aromatic rings. The second-order valence-corrected chi connectivity index (χ2v) is 4.87. The zero-order chi connectivity index (χ0) is 9.19. The van der Waals surface area contributed by atoms with Gasteiger partial charge >= 0.3 is 5.97 Å². The van der Waals surface area contributed by atoms with Crippen molar-refractivity contribution in [2.45, 2.75) is 26.2 Å². The van der Waals surface area contributed by atoms with Gasteiger partial charge < -0.3 is 5.11 Å². The lowest BCUT2D eigenvalue weighted by Gasteiger charge is -2.36. The number of hydrogen-bond acceptors (Lipinski definition) is 2. The summed E-state index contributed by atoms with van der Waals surface area (Å²) in [6, 6.07) is 0. The largest absolute Gasteiger partial charge is 0.481 e. The minimum atomic E-state index is -0.866. The molecule has 1 aliphatic heterocycles. The summed E-state index contributed by atoms with van der Waals surface area (Å²) in [5, 5.41) is 8.89. The molecule has 0 aromatic heterocycles. The van der Waals surface area contributed by atoms with Gasteiger partial charge in [-0.1, -0.05) is 19.8 Å². The number of hydrogen-bond donors (Lipinski definition) is 1. The molecule has 1 rings (SSSR count). The van der Waals surface area contributed by atoms with Crippen molar-refractivity contribution in [3.8, 4) is 0 Å². The van der Waals surface area contributed by atoms with E-state index in [1.54, 1.807) is 0 Å². The first-order valence-corrected chi connectivity index (χ1v) is 5.68. The molecule has 0 bridgehead atoms. The van der Waals surface area contributed by atoms with Crippen molar-refractivity contribution in [1.29, 1.82) is 0 Å². The fraction of sp³-hybridized carbons (Fsp3) is 0.875. The van der Waals surface area contributed by atoms with Crippen LogP contribution >= 0.6 is 0 Å². The highest BCUT2D eigenvalue weighted by molar-refractivity contribution is 7.86. The smallest absolute Gasteiger partial charge is 0.311 e. The van der Waals surface area contributed by atoms with Gasteiger partial charge in [0.1, 0.15) is 0 Å².